The van der Waals surface area contributed by atoms with E-state index in [-0.39, 0.29) is 16.9 Å². The summed E-state index contributed by atoms with van der Waals surface area (Å²) in [6.07, 6.45) is 2.42. The molecule has 1 aliphatic heterocycles. The van der Waals surface area contributed by atoms with Gasteiger partial charge in [0.2, 0.25) is 10.0 Å². The summed E-state index contributed by atoms with van der Waals surface area (Å²) >= 11 is 0. The second-order valence-electron chi connectivity index (χ2n) is 5.64. The third-order valence-corrected chi connectivity index (χ3v) is 5.34. The van der Waals surface area contributed by atoms with E-state index in [1.165, 1.54) is 0 Å². The first-order chi connectivity index (χ1) is 9.94. The molecule has 2 rings (SSSR count). The number of aromatic nitrogens is 1. The molecule has 1 saturated heterocycles. The van der Waals surface area contributed by atoms with Gasteiger partial charge in [-0.25, -0.2) is 18.1 Å². The van der Waals surface area contributed by atoms with Crippen molar-refractivity contribution >= 4 is 15.8 Å². The van der Waals surface area contributed by atoms with Gasteiger partial charge >= 0.3 is 0 Å². The van der Waals surface area contributed by atoms with Gasteiger partial charge in [-0.2, -0.15) is 0 Å². The van der Waals surface area contributed by atoms with Gasteiger partial charge in [-0.3, -0.25) is 0 Å². The van der Waals surface area contributed by atoms with Gasteiger partial charge in [-0.15, -0.1) is 0 Å². The molecule has 2 heterocycles. The Bertz CT molecular complexity index is 576. The van der Waals surface area contributed by atoms with E-state index >= 15 is 0 Å². The number of sulfonamides is 1. The highest BCUT2D eigenvalue weighted by Crippen LogP contribution is 2.22. The van der Waals surface area contributed by atoms with Gasteiger partial charge in [0.15, 0.2) is 0 Å². The van der Waals surface area contributed by atoms with Gasteiger partial charge in [0, 0.05) is 25.3 Å². The predicted octanol–water partition coefficient (Wildman–Crippen LogP) is 1.13. The van der Waals surface area contributed by atoms with Gasteiger partial charge in [0.05, 0.1) is 0 Å². The van der Waals surface area contributed by atoms with Crippen LogP contribution in [0.2, 0.25) is 0 Å². The molecule has 0 bridgehead atoms. The van der Waals surface area contributed by atoms with E-state index in [0.717, 1.165) is 19.5 Å². The highest BCUT2D eigenvalue weighted by Gasteiger charge is 2.29. The fourth-order valence-corrected chi connectivity index (χ4v) is 4.21. The highest BCUT2D eigenvalue weighted by atomic mass is 32.2. The van der Waals surface area contributed by atoms with Crippen molar-refractivity contribution in [3.8, 4) is 0 Å². The first-order valence-electron chi connectivity index (χ1n) is 7.33. The van der Waals surface area contributed by atoms with E-state index in [1.807, 2.05) is 6.92 Å². The third-order valence-electron chi connectivity index (χ3n) is 3.82. The van der Waals surface area contributed by atoms with Crippen LogP contribution >= 0.6 is 0 Å². The van der Waals surface area contributed by atoms with Gasteiger partial charge in [-0.1, -0.05) is 6.92 Å². The Morgan fingerprint density at radius 1 is 1.48 bits per heavy atom. The summed E-state index contributed by atoms with van der Waals surface area (Å²) < 4.78 is 28.1. The van der Waals surface area contributed by atoms with Gasteiger partial charge in [0.1, 0.15) is 10.7 Å². The fraction of sp³-hybridized carbons (Fsp3) is 0.643. The standard InChI is InChI=1S/C14H24N4O2S/c1-4-15-14-13(6-5-8-16-14)21(19,20)17-12-7-9-18(3)10-11(12)2/h5-6,8,11-12,17H,4,7,9-10H2,1-3H3,(H,15,16). The van der Waals surface area contributed by atoms with Crippen molar-refractivity contribution in [1.82, 2.24) is 14.6 Å². The Labute approximate surface area is 127 Å². The molecule has 0 aliphatic carbocycles. The minimum atomic E-state index is -3.56. The summed E-state index contributed by atoms with van der Waals surface area (Å²) in [5.74, 6) is 0.700. The summed E-state index contributed by atoms with van der Waals surface area (Å²) in [6, 6.07) is 3.21. The van der Waals surface area contributed by atoms with Crippen LogP contribution in [-0.2, 0) is 10.0 Å². The quantitative estimate of drug-likeness (QED) is 0.852. The molecular formula is C14H24N4O2S. The molecule has 118 valence electrons. The average Bonchev–Trinajstić information content (AvgIpc) is 2.43. The van der Waals surface area contributed by atoms with Crippen LogP contribution in [0.5, 0.6) is 0 Å². The van der Waals surface area contributed by atoms with Crippen LogP contribution in [-0.4, -0.2) is 51.0 Å². The summed E-state index contributed by atoms with van der Waals surface area (Å²) in [7, 11) is -1.50. The smallest absolute Gasteiger partial charge is 0.244 e. The van der Waals surface area contributed by atoms with E-state index in [1.54, 1.807) is 18.3 Å². The lowest BCUT2D eigenvalue weighted by atomic mass is 9.95. The Morgan fingerprint density at radius 2 is 2.24 bits per heavy atom. The Morgan fingerprint density at radius 3 is 2.90 bits per heavy atom. The van der Waals surface area contributed by atoms with Gasteiger partial charge in [-0.05, 0) is 45.0 Å². The zero-order chi connectivity index (χ0) is 15.5. The number of piperidine rings is 1. The molecule has 6 nitrogen and oxygen atoms in total. The Hall–Kier alpha value is -1.18. The summed E-state index contributed by atoms with van der Waals surface area (Å²) in [5.41, 5.74) is 0. The van der Waals surface area contributed by atoms with E-state index in [2.05, 4.69) is 33.9 Å². The zero-order valence-electron chi connectivity index (χ0n) is 12.8. The van der Waals surface area contributed by atoms with E-state index in [4.69, 9.17) is 0 Å². The van der Waals surface area contributed by atoms with E-state index in [0.29, 0.717) is 12.4 Å². The summed E-state index contributed by atoms with van der Waals surface area (Å²) in [4.78, 5) is 6.57. The van der Waals surface area contributed by atoms with E-state index in [9.17, 15) is 8.42 Å². The minimum Gasteiger partial charge on any atom is -0.369 e. The molecule has 0 spiro atoms. The normalized spacial score (nSPS) is 24.0. The van der Waals surface area contributed by atoms with Crippen LogP contribution in [0.25, 0.3) is 0 Å². The number of nitrogens with zero attached hydrogens (tertiary/aromatic N) is 2. The zero-order valence-corrected chi connectivity index (χ0v) is 13.7. The van der Waals surface area contributed by atoms with Crippen LogP contribution in [0, 0.1) is 5.92 Å². The Balaban J connectivity index is 2.19. The molecular weight excluding hydrogens is 288 g/mol. The molecule has 0 amide bonds. The molecule has 2 atom stereocenters. The molecule has 21 heavy (non-hydrogen) atoms. The highest BCUT2D eigenvalue weighted by molar-refractivity contribution is 7.89. The number of rotatable bonds is 5. The molecule has 0 radical (unpaired) electrons. The van der Waals surface area contributed by atoms with Crippen molar-refractivity contribution in [2.45, 2.75) is 31.2 Å². The first-order valence-corrected chi connectivity index (χ1v) is 8.82. The predicted molar refractivity (Wildman–Crippen MR) is 83.8 cm³/mol. The molecule has 1 aromatic rings. The van der Waals surface area contributed by atoms with Crippen molar-refractivity contribution in [3.63, 3.8) is 0 Å². The number of anilines is 1. The van der Waals surface area contributed by atoms with E-state index < -0.39 is 10.0 Å². The number of likely N-dealkylation sites (tertiary alicyclic amines) is 1. The second-order valence-corrected chi connectivity index (χ2v) is 7.32. The Kier molecular flexibility index (Phi) is 5.18. The van der Waals surface area contributed by atoms with Crippen molar-refractivity contribution in [1.29, 1.82) is 0 Å². The maximum absolute atomic E-state index is 12.6. The summed E-state index contributed by atoms with van der Waals surface area (Å²) in [6.45, 7) is 6.43. The topological polar surface area (TPSA) is 74.3 Å². The van der Waals surface area contributed by atoms with Crippen LogP contribution in [0.4, 0.5) is 5.82 Å². The van der Waals surface area contributed by atoms with Gasteiger partial charge < -0.3 is 10.2 Å². The molecule has 0 aromatic carbocycles. The number of nitrogens with one attached hydrogen (secondary N) is 2. The lowest BCUT2D eigenvalue weighted by Gasteiger charge is -2.35. The average molecular weight is 312 g/mol. The van der Waals surface area contributed by atoms with Gasteiger partial charge in [0.25, 0.3) is 0 Å². The third kappa shape index (κ3) is 3.93. The lowest BCUT2D eigenvalue weighted by molar-refractivity contribution is 0.188. The molecule has 1 aromatic heterocycles. The number of hydrogen-bond acceptors (Lipinski definition) is 5. The molecule has 1 fully saturated rings. The van der Waals surface area contributed by atoms with Crippen molar-refractivity contribution in [2.24, 2.45) is 5.92 Å². The first kappa shape index (κ1) is 16.2. The molecule has 2 unspecified atom stereocenters. The number of hydrogen-bond donors (Lipinski definition) is 2. The monoisotopic (exact) mass is 312 g/mol. The fourth-order valence-electron chi connectivity index (χ4n) is 2.70. The van der Waals surface area contributed by atoms with Crippen molar-refractivity contribution in [2.75, 3.05) is 32.0 Å². The van der Waals surface area contributed by atoms with Crippen molar-refractivity contribution < 1.29 is 8.42 Å². The van der Waals surface area contributed by atoms with Crippen LogP contribution in [0.3, 0.4) is 0 Å². The molecule has 1 aliphatic rings. The molecule has 0 saturated carbocycles. The maximum atomic E-state index is 12.6. The SMILES string of the molecule is CCNc1ncccc1S(=O)(=O)NC1CCN(C)CC1C. The largest absolute Gasteiger partial charge is 0.369 e. The van der Waals surface area contributed by atoms with Crippen LogP contribution < -0.4 is 10.0 Å². The molecule has 2 N–H and O–H groups in total. The van der Waals surface area contributed by atoms with Crippen molar-refractivity contribution in [3.05, 3.63) is 18.3 Å². The molecule has 7 heteroatoms. The van der Waals surface area contributed by atoms with Crippen LogP contribution in [0.15, 0.2) is 23.2 Å². The number of pyridine rings is 1. The summed E-state index contributed by atoms with van der Waals surface area (Å²) in [5, 5.41) is 3.00. The lowest BCUT2D eigenvalue weighted by Crippen LogP contribution is -2.48. The second kappa shape index (κ2) is 6.72. The van der Waals surface area contributed by atoms with Crippen LogP contribution in [0.1, 0.15) is 20.3 Å². The minimum absolute atomic E-state index is 0.0270. The maximum Gasteiger partial charge on any atom is 0.244 e.